The maximum atomic E-state index is 12.3. The average Bonchev–Trinajstić information content (AvgIpc) is 2.53. The molecule has 0 atom stereocenters. The molecule has 1 aromatic rings. The van der Waals surface area contributed by atoms with Crippen molar-refractivity contribution in [3.63, 3.8) is 0 Å². The van der Waals surface area contributed by atoms with Crippen LogP contribution in [0, 0.1) is 0 Å². The van der Waals surface area contributed by atoms with Gasteiger partial charge in [0, 0.05) is 31.2 Å². The Labute approximate surface area is 132 Å². The molecular weight excluding hydrogens is 278 g/mol. The summed E-state index contributed by atoms with van der Waals surface area (Å²) in [4.78, 5) is 25.8. The number of benzene rings is 1. The van der Waals surface area contributed by atoms with Crippen LogP contribution in [0.15, 0.2) is 24.3 Å². The molecule has 5 heteroatoms. The fraction of sp³-hybridized carbons (Fsp3) is 0.529. The van der Waals surface area contributed by atoms with E-state index < -0.39 is 0 Å². The van der Waals surface area contributed by atoms with E-state index in [-0.39, 0.29) is 18.0 Å². The van der Waals surface area contributed by atoms with Gasteiger partial charge in [0.15, 0.2) is 0 Å². The van der Waals surface area contributed by atoms with E-state index in [2.05, 4.69) is 10.6 Å². The van der Waals surface area contributed by atoms with Crippen molar-refractivity contribution in [2.45, 2.75) is 45.7 Å². The maximum Gasteiger partial charge on any atom is 0.315 e. The Morgan fingerprint density at radius 1 is 1.09 bits per heavy atom. The highest BCUT2D eigenvalue weighted by atomic mass is 16.2. The van der Waals surface area contributed by atoms with Gasteiger partial charge < -0.3 is 15.5 Å². The molecular formula is C17H25N3O2. The highest BCUT2D eigenvalue weighted by Gasteiger charge is 2.17. The molecule has 2 rings (SSSR count). The van der Waals surface area contributed by atoms with Gasteiger partial charge in [0.25, 0.3) is 5.91 Å². The molecule has 3 amide bonds. The largest absolute Gasteiger partial charge is 0.339 e. The normalized spacial score (nSPS) is 14.8. The number of hydrogen-bond donors (Lipinski definition) is 2. The number of urea groups is 1. The van der Waals surface area contributed by atoms with Crippen LogP contribution in [0.3, 0.4) is 0 Å². The van der Waals surface area contributed by atoms with Crippen LogP contribution in [0.5, 0.6) is 0 Å². The van der Waals surface area contributed by atoms with Crippen LogP contribution < -0.4 is 10.6 Å². The molecule has 1 fully saturated rings. The molecule has 1 heterocycles. The van der Waals surface area contributed by atoms with Crippen LogP contribution >= 0.6 is 0 Å². The van der Waals surface area contributed by atoms with Gasteiger partial charge >= 0.3 is 6.03 Å². The van der Waals surface area contributed by atoms with E-state index in [1.165, 1.54) is 6.42 Å². The van der Waals surface area contributed by atoms with Crippen molar-refractivity contribution in [2.24, 2.45) is 0 Å². The van der Waals surface area contributed by atoms with E-state index in [9.17, 15) is 9.59 Å². The van der Waals surface area contributed by atoms with Gasteiger partial charge in [-0.15, -0.1) is 0 Å². The lowest BCUT2D eigenvalue weighted by Crippen LogP contribution is -2.39. The number of piperidine rings is 1. The molecule has 1 saturated heterocycles. The molecule has 0 radical (unpaired) electrons. The third kappa shape index (κ3) is 4.76. The first-order valence-corrected chi connectivity index (χ1v) is 7.99. The highest BCUT2D eigenvalue weighted by molar-refractivity contribution is 5.94. The highest BCUT2D eigenvalue weighted by Crippen LogP contribution is 2.13. The molecule has 22 heavy (non-hydrogen) atoms. The van der Waals surface area contributed by atoms with Crippen LogP contribution in [0.25, 0.3) is 0 Å². The number of carbonyl (C=O) groups is 2. The standard InChI is InChI=1S/C17H25N3O2/c1-13(2)19-17(22)18-12-14-6-8-15(9-7-14)16(21)20-10-4-3-5-11-20/h6-9,13H,3-5,10-12H2,1-2H3,(H2,18,19,22). The van der Waals surface area contributed by atoms with Gasteiger partial charge in [0.2, 0.25) is 0 Å². The van der Waals surface area contributed by atoms with Gasteiger partial charge in [0.05, 0.1) is 0 Å². The predicted molar refractivity (Wildman–Crippen MR) is 86.7 cm³/mol. The Bertz CT molecular complexity index is 505. The maximum absolute atomic E-state index is 12.3. The lowest BCUT2D eigenvalue weighted by Gasteiger charge is -2.26. The predicted octanol–water partition coefficient (Wildman–Crippen LogP) is 2.52. The van der Waals surface area contributed by atoms with Crippen LogP contribution in [0.1, 0.15) is 49.0 Å². The number of nitrogens with one attached hydrogen (secondary N) is 2. The number of rotatable bonds is 4. The van der Waals surface area contributed by atoms with E-state index in [1.54, 1.807) is 0 Å². The van der Waals surface area contributed by atoms with E-state index in [1.807, 2.05) is 43.0 Å². The first kappa shape index (κ1) is 16.3. The second-order valence-electron chi connectivity index (χ2n) is 6.03. The second kappa shape index (κ2) is 7.82. The SMILES string of the molecule is CC(C)NC(=O)NCc1ccc(C(=O)N2CCCCC2)cc1. The summed E-state index contributed by atoms with van der Waals surface area (Å²) in [6.45, 7) is 6.01. The third-order valence-corrected chi connectivity index (χ3v) is 3.72. The van der Waals surface area contributed by atoms with Crippen LogP contribution in [0.4, 0.5) is 4.79 Å². The smallest absolute Gasteiger partial charge is 0.315 e. The molecule has 120 valence electrons. The van der Waals surface area contributed by atoms with Gasteiger partial charge in [-0.25, -0.2) is 4.79 Å². The summed E-state index contributed by atoms with van der Waals surface area (Å²) in [5, 5.41) is 5.57. The fourth-order valence-corrected chi connectivity index (χ4v) is 2.54. The van der Waals surface area contributed by atoms with Crippen molar-refractivity contribution < 1.29 is 9.59 Å². The van der Waals surface area contributed by atoms with Gasteiger partial charge in [-0.1, -0.05) is 12.1 Å². The van der Waals surface area contributed by atoms with E-state index in [4.69, 9.17) is 0 Å². The fourth-order valence-electron chi connectivity index (χ4n) is 2.54. The summed E-state index contributed by atoms with van der Waals surface area (Å²) in [5.41, 5.74) is 1.70. The molecule has 0 aliphatic carbocycles. The minimum atomic E-state index is -0.177. The Balaban J connectivity index is 1.87. The van der Waals surface area contributed by atoms with Crippen molar-refractivity contribution in [2.75, 3.05) is 13.1 Å². The quantitative estimate of drug-likeness (QED) is 0.898. The second-order valence-corrected chi connectivity index (χ2v) is 6.03. The molecule has 0 unspecified atom stereocenters. The Hall–Kier alpha value is -2.04. The number of nitrogens with zero attached hydrogens (tertiary/aromatic N) is 1. The summed E-state index contributed by atoms with van der Waals surface area (Å²) in [7, 11) is 0. The number of hydrogen-bond acceptors (Lipinski definition) is 2. The topological polar surface area (TPSA) is 61.4 Å². The zero-order chi connectivity index (χ0) is 15.9. The molecule has 1 aromatic carbocycles. The molecule has 1 aliphatic heterocycles. The molecule has 2 N–H and O–H groups in total. The Kier molecular flexibility index (Phi) is 5.81. The van der Waals surface area contributed by atoms with Crippen molar-refractivity contribution in [3.05, 3.63) is 35.4 Å². The molecule has 5 nitrogen and oxygen atoms in total. The monoisotopic (exact) mass is 303 g/mol. The van der Waals surface area contributed by atoms with Crippen LogP contribution in [-0.2, 0) is 6.54 Å². The first-order valence-electron chi connectivity index (χ1n) is 7.99. The average molecular weight is 303 g/mol. The van der Waals surface area contributed by atoms with Gasteiger partial charge in [-0.05, 0) is 50.8 Å². The van der Waals surface area contributed by atoms with Gasteiger partial charge in [-0.2, -0.15) is 0 Å². The third-order valence-electron chi connectivity index (χ3n) is 3.72. The minimum absolute atomic E-state index is 0.108. The summed E-state index contributed by atoms with van der Waals surface area (Å²) < 4.78 is 0. The van der Waals surface area contributed by atoms with Crippen molar-refractivity contribution in [3.8, 4) is 0 Å². The van der Waals surface area contributed by atoms with E-state index in [0.29, 0.717) is 6.54 Å². The Morgan fingerprint density at radius 3 is 2.32 bits per heavy atom. The van der Waals surface area contributed by atoms with E-state index in [0.717, 1.165) is 37.1 Å². The lowest BCUT2D eigenvalue weighted by molar-refractivity contribution is 0.0724. The van der Waals surface area contributed by atoms with Gasteiger partial charge in [0.1, 0.15) is 0 Å². The zero-order valence-electron chi connectivity index (χ0n) is 13.4. The molecule has 0 saturated carbocycles. The summed E-state index contributed by atoms with van der Waals surface area (Å²) in [5.74, 6) is 0.108. The summed E-state index contributed by atoms with van der Waals surface area (Å²) >= 11 is 0. The first-order chi connectivity index (χ1) is 10.6. The number of amides is 3. The van der Waals surface area contributed by atoms with Crippen molar-refractivity contribution >= 4 is 11.9 Å². The summed E-state index contributed by atoms with van der Waals surface area (Å²) in [6.07, 6.45) is 3.41. The molecule has 0 aromatic heterocycles. The molecule has 0 bridgehead atoms. The van der Waals surface area contributed by atoms with Crippen LogP contribution in [-0.4, -0.2) is 36.0 Å². The van der Waals surface area contributed by atoms with E-state index >= 15 is 0 Å². The van der Waals surface area contributed by atoms with Crippen molar-refractivity contribution in [1.82, 2.24) is 15.5 Å². The Morgan fingerprint density at radius 2 is 1.73 bits per heavy atom. The summed E-state index contributed by atoms with van der Waals surface area (Å²) in [6, 6.07) is 7.41. The number of likely N-dealkylation sites (tertiary alicyclic amines) is 1. The van der Waals surface area contributed by atoms with Crippen molar-refractivity contribution in [1.29, 1.82) is 0 Å². The number of carbonyl (C=O) groups excluding carboxylic acids is 2. The molecule has 0 spiro atoms. The van der Waals surface area contributed by atoms with Gasteiger partial charge in [-0.3, -0.25) is 4.79 Å². The zero-order valence-corrected chi connectivity index (χ0v) is 13.4. The van der Waals surface area contributed by atoms with Crippen LogP contribution in [0.2, 0.25) is 0 Å². The lowest BCUT2D eigenvalue weighted by atomic mass is 10.1. The minimum Gasteiger partial charge on any atom is -0.339 e. The molecule has 1 aliphatic rings.